The molecule has 0 aromatic heterocycles. The van der Waals surface area contributed by atoms with Crippen LogP contribution in [0.1, 0.15) is 45.1 Å². The third-order valence-corrected chi connectivity index (χ3v) is 9.63. The van der Waals surface area contributed by atoms with Crippen LogP contribution >= 0.6 is 0 Å². The molecular formula is C22H29N3O5S. The van der Waals surface area contributed by atoms with Gasteiger partial charge in [-0.15, -0.1) is 0 Å². The second-order valence-corrected chi connectivity index (χ2v) is 11.8. The molecule has 0 radical (unpaired) electrons. The van der Waals surface area contributed by atoms with E-state index in [-0.39, 0.29) is 18.2 Å². The maximum Gasteiger partial charge on any atom is 0.247 e. The van der Waals surface area contributed by atoms with Crippen LogP contribution in [0.15, 0.2) is 30.3 Å². The average Bonchev–Trinajstić information content (AvgIpc) is 3.26. The molecule has 3 fully saturated rings. The van der Waals surface area contributed by atoms with E-state index in [1.165, 1.54) is 29.2 Å². The van der Waals surface area contributed by atoms with Crippen LogP contribution in [0, 0.1) is 0 Å². The smallest absolute Gasteiger partial charge is 0.247 e. The van der Waals surface area contributed by atoms with Gasteiger partial charge in [0.1, 0.15) is 17.5 Å². The highest BCUT2D eigenvalue weighted by Crippen LogP contribution is 2.46. The number of nitrogens with one attached hydrogen (secondary N) is 1. The number of sulfone groups is 1. The Bertz CT molecular complexity index is 992. The van der Waals surface area contributed by atoms with Crippen LogP contribution in [0.5, 0.6) is 0 Å². The minimum Gasteiger partial charge on any atom is -0.354 e. The Morgan fingerprint density at radius 2 is 1.90 bits per heavy atom. The van der Waals surface area contributed by atoms with Crippen molar-refractivity contribution in [3.63, 3.8) is 0 Å². The maximum absolute atomic E-state index is 13.4. The number of carbonyl (C=O) groups excluding carboxylic acids is 3. The average molecular weight is 448 g/mol. The highest BCUT2D eigenvalue weighted by atomic mass is 32.2. The molecule has 3 aliphatic heterocycles. The van der Waals surface area contributed by atoms with Gasteiger partial charge in [-0.3, -0.25) is 14.4 Å². The lowest BCUT2D eigenvalue weighted by Gasteiger charge is -2.39. The summed E-state index contributed by atoms with van der Waals surface area (Å²) in [7, 11) is -3.65. The SMILES string of the molecule is CC1(C)C(C(=O)N2CCCC2C(=O)NCCCc2ccccc2)N2C(=O)CC2S1(=O)=O. The number of likely N-dealkylation sites (tertiary alicyclic amines) is 1. The van der Waals surface area contributed by atoms with Gasteiger partial charge in [0.2, 0.25) is 17.7 Å². The molecular weight excluding hydrogens is 418 g/mol. The summed E-state index contributed by atoms with van der Waals surface area (Å²) in [5.74, 6) is -0.978. The van der Waals surface area contributed by atoms with Crippen LogP contribution in [-0.4, -0.2) is 71.2 Å². The van der Waals surface area contributed by atoms with Gasteiger partial charge in [-0.25, -0.2) is 8.42 Å². The van der Waals surface area contributed by atoms with Gasteiger partial charge in [0.25, 0.3) is 0 Å². The Hall–Kier alpha value is -2.42. The van der Waals surface area contributed by atoms with E-state index in [0.29, 0.717) is 25.9 Å². The summed E-state index contributed by atoms with van der Waals surface area (Å²) in [6, 6.07) is 8.31. The highest BCUT2D eigenvalue weighted by Gasteiger charge is 2.68. The molecule has 0 bridgehead atoms. The molecule has 1 aromatic carbocycles. The number of aryl methyl sites for hydroxylation is 1. The Kier molecular flexibility index (Phi) is 5.57. The zero-order valence-electron chi connectivity index (χ0n) is 17.9. The fraction of sp³-hybridized carbons (Fsp3) is 0.591. The predicted octanol–water partition coefficient (Wildman–Crippen LogP) is 0.860. The van der Waals surface area contributed by atoms with Gasteiger partial charge in [0.15, 0.2) is 9.84 Å². The Labute approximate surface area is 182 Å². The molecule has 1 N–H and O–H groups in total. The number of amides is 3. The van der Waals surface area contributed by atoms with E-state index < -0.39 is 37.9 Å². The van der Waals surface area contributed by atoms with Crippen molar-refractivity contribution in [2.45, 2.75) is 68.2 Å². The summed E-state index contributed by atoms with van der Waals surface area (Å²) in [5, 5.41) is 2.00. The fourth-order valence-corrected chi connectivity index (χ4v) is 7.08. The lowest BCUT2D eigenvalue weighted by molar-refractivity contribution is -0.155. The van der Waals surface area contributed by atoms with Crippen LogP contribution in [0.4, 0.5) is 0 Å². The second kappa shape index (κ2) is 7.93. The lowest BCUT2D eigenvalue weighted by atomic mass is 9.96. The van der Waals surface area contributed by atoms with E-state index in [4.69, 9.17) is 0 Å². The number of carbonyl (C=O) groups is 3. The molecule has 1 aromatic rings. The number of fused-ring (bicyclic) bond motifs is 1. The van der Waals surface area contributed by atoms with Crippen molar-refractivity contribution in [1.29, 1.82) is 0 Å². The molecule has 8 nitrogen and oxygen atoms in total. The molecule has 3 unspecified atom stereocenters. The quantitative estimate of drug-likeness (QED) is 0.515. The van der Waals surface area contributed by atoms with Gasteiger partial charge >= 0.3 is 0 Å². The zero-order chi connectivity index (χ0) is 22.4. The van der Waals surface area contributed by atoms with Gasteiger partial charge in [-0.2, -0.15) is 0 Å². The van der Waals surface area contributed by atoms with Crippen molar-refractivity contribution >= 4 is 27.6 Å². The summed E-state index contributed by atoms with van der Waals surface area (Å²) in [6.07, 6.45) is 2.77. The zero-order valence-corrected chi connectivity index (χ0v) is 18.7. The third-order valence-electron chi connectivity index (χ3n) is 6.83. The first kappa shape index (κ1) is 21.8. The molecule has 168 valence electrons. The Morgan fingerprint density at radius 1 is 1.19 bits per heavy atom. The summed E-state index contributed by atoms with van der Waals surface area (Å²) in [6.45, 7) is 3.90. The molecule has 9 heteroatoms. The monoisotopic (exact) mass is 447 g/mol. The Balaban J connectivity index is 1.40. The second-order valence-electron chi connectivity index (χ2n) is 9.08. The van der Waals surface area contributed by atoms with Gasteiger partial charge in [-0.1, -0.05) is 30.3 Å². The molecule has 0 spiro atoms. The van der Waals surface area contributed by atoms with Crippen LogP contribution in [0.3, 0.4) is 0 Å². The third kappa shape index (κ3) is 3.52. The minimum atomic E-state index is -3.65. The van der Waals surface area contributed by atoms with Crippen LogP contribution < -0.4 is 5.32 Å². The topological polar surface area (TPSA) is 104 Å². The minimum absolute atomic E-state index is 0.0686. The standard InChI is InChI=1S/C22H29N3O5S/c1-22(2)19(25-17(26)14-18(25)31(22,29)30)21(28)24-13-7-11-16(24)20(27)23-12-6-10-15-8-4-3-5-9-15/h3-5,8-9,16,18-19H,6-7,10-14H2,1-2H3,(H,23,27). The van der Waals surface area contributed by atoms with Gasteiger partial charge in [0.05, 0.1) is 11.2 Å². The van der Waals surface area contributed by atoms with Crippen molar-refractivity contribution in [2.24, 2.45) is 0 Å². The van der Waals surface area contributed by atoms with Crippen LogP contribution in [0.2, 0.25) is 0 Å². The number of hydrogen-bond donors (Lipinski definition) is 1. The van der Waals surface area contributed by atoms with Crippen molar-refractivity contribution in [3.05, 3.63) is 35.9 Å². The van der Waals surface area contributed by atoms with Crippen molar-refractivity contribution in [1.82, 2.24) is 15.1 Å². The van der Waals surface area contributed by atoms with E-state index >= 15 is 0 Å². The summed E-state index contributed by atoms with van der Waals surface area (Å²) in [5.41, 5.74) is 1.20. The van der Waals surface area contributed by atoms with Gasteiger partial charge in [0, 0.05) is 13.1 Å². The van der Waals surface area contributed by atoms with E-state index in [1.807, 2.05) is 30.3 Å². The number of rotatable bonds is 6. The molecule has 3 heterocycles. The maximum atomic E-state index is 13.4. The molecule has 3 amide bonds. The van der Waals surface area contributed by atoms with Crippen LogP contribution in [-0.2, 0) is 30.6 Å². The number of benzene rings is 1. The summed E-state index contributed by atoms with van der Waals surface area (Å²) < 4.78 is 24.3. The van der Waals surface area contributed by atoms with E-state index in [0.717, 1.165) is 12.8 Å². The molecule has 0 saturated carbocycles. The molecule has 3 aliphatic rings. The lowest BCUT2D eigenvalue weighted by Crippen LogP contribution is -2.61. The van der Waals surface area contributed by atoms with Crippen LogP contribution in [0.25, 0.3) is 0 Å². The first-order chi connectivity index (χ1) is 14.7. The van der Waals surface area contributed by atoms with Crippen molar-refractivity contribution < 1.29 is 22.8 Å². The van der Waals surface area contributed by atoms with E-state index in [1.54, 1.807) is 0 Å². The molecule has 31 heavy (non-hydrogen) atoms. The molecule has 4 rings (SSSR count). The number of β-lactam (4-membered cyclic amide) rings is 1. The molecule has 0 aliphatic carbocycles. The molecule has 3 atom stereocenters. The predicted molar refractivity (Wildman–Crippen MR) is 115 cm³/mol. The largest absolute Gasteiger partial charge is 0.354 e. The van der Waals surface area contributed by atoms with Gasteiger partial charge < -0.3 is 15.1 Å². The van der Waals surface area contributed by atoms with Crippen molar-refractivity contribution in [2.75, 3.05) is 13.1 Å². The normalized spacial score (nSPS) is 28.2. The molecule has 3 saturated heterocycles. The van der Waals surface area contributed by atoms with Gasteiger partial charge in [-0.05, 0) is 45.1 Å². The number of hydrogen-bond acceptors (Lipinski definition) is 5. The fourth-order valence-electron chi connectivity index (χ4n) is 4.96. The van der Waals surface area contributed by atoms with Crippen molar-refractivity contribution in [3.8, 4) is 0 Å². The summed E-state index contributed by atoms with van der Waals surface area (Å²) >= 11 is 0. The summed E-state index contributed by atoms with van der Waals surface area (Å²) in [4.78, 5) is 41.0. The number of nitrogens with zero attached hydrogens (tertiary/aromatic N) is 2. The first-order valence-electron chi connectivity index (χ1n) is 10.8. The van der Waals surface area contributed by atoms with E-state index in [9.17, 15) is 22.8 Å². The van der Waals surface area contributed by atoms with E-state index in [2.05, 4.69) is 5.32 Å². The highest BCUT2D eigenvalue weighted by molar-refractivity contribution is 7.93. The Morgan fingerprint density at radius 3 is 2.58 bits per heavy atom. The first-order valence-corrected chi connectivity index (χ1v) is 12.4.